The smallest absolute Gasteiger partial charge is 0.271 e. The Morgan fingerprint density at radius 2 is 1.94 bits per heavy atom. The Morgan fingerprint density at radius 1 is 1.11 bits per heavy atom. The molecule has 0 fully saturated rings. The number of hydrogen-bond donors (Lipinski definition) is 1. The number of nitrogens with one attached hydrogen (secondary N) is 1. The van der Waals surface area contributed by atoms with Crippen LogP contribution in [0.1, 0.15) is 36.2 Å². The van der Waals surface area contributed by atoms with Crippen molar-refractivity contribution in [1.82, 2.24) is 20.2 Å². The van der Waals surface area contributed by atoms with Gasteiger partial charge in [0.1, 0.15) is 5.69 Å². The molecule has 0 aliphatic carbocycles. The van der Waals surface area contributed by atoms with Gasteiger partial charge in [-0.25, -0.2) is 10.1 Å². The van der Waals surface area contributed by atoms with Crippen molar-refractivity contribution in [2.45, 2.75) is 20.3 Å². The van der Waals surface area contributed by atoms with E-state index in [4.69, 9.17) is 14.6 Å². The summed E-state index contributed by atoms with van der Waals surface area (Å²) in [6.07, 6.45) is 7.82. The first kappa shape index (κ1) is 24.7. The molecule has 2 aromatic carbocycles. The number of amides is 1. The first-order valence-electron chi connectivity index (χ1n) is 11.7. The molecule has 0 unspecified atom stereocenters. The Morgan fingerprint density at radius 3 is 2.67 bits per heavy atom. The average Bonchev–Trinajstić information content (AvgIpc) is 3.34. The Labute approximate surface area is 210 Å². The van der Waals surface area contributed by atoms with E-state index in [1.165, 1.54) is 0 Å². The van der Waals surface area contributed by atoms with E-state index in [0.29, 0.717) is 35.3 Å². The molecular weight excluding hydrogens is 454 g/mol. The molecule has 184 valence electrons. The molecule has 1 N–H and O–H groups in total. The van der Waals surface area contributed by atoms with Gasteiger partial charge in [-0.2, -0.15) is 10.2 Å². The second kappa shape index (κ2) is 11.8. The van der Waals surface area contributed by atoms with Gasteiger partial charge in [-0.15, -0.1) is 0 Å². The molecule has 8 nitrogen and oxygen atoms in total. The summed E-state index contributed by atoms with van der Waals surface area (Å²) in [5, 5.41) is 8.90. The van der Waals surface area contributed by atoms with Crippen molar-refractivity contribution in [3.8, 4) is 28.4 Å². The standard InChI is InChI=1S/C28H29N5O3/c1-20(2)13-15-36-25-12-11-21(16-26(25)35-3)28(34)31-30-18-23-19-33(24-9-5-4-6-10-24)32-27(23)22-8-7-14-29-17-22/h4-12,14,16-20H,13,15H2,1-3H3,(H,31,34)/b30-18+. The minimum Gasteiger partial charge on any atom is -0.493 e. The molecule has 0 aliphatic heterocycles. The summed E-state index contributed by atoms with van der Waals surface area (Å²) in [4.78, 5) is 16.9. The van der Waals surface area contributed by atoms with Crippen LogP contribution >= 0.6 is 0 Å². The van der Waals surface area contributed by atoms with E-state index in [-0.39, 0.29) is 5.91 Å². The highest BCUT2D eigenvalue weighted by Crippen LogP contribution is 2.28. The molecule has 4 aromatic rings. The molecule has 0 radical (unpaired) electrons. The quantitative estimate of drug-likeness (QED) is 0.249. The lowest BCUT2D eigenvalue weighted by molar-refractivity contribution is 0.0954. The molecule has 1 amide bonds. The van der Waals surface area contributed by atoms with Crippen LogP contribution in [0.3, 0.4) is 0 Å². The van der Waals surface area contributed by atoms with Crippen molar-refractivity contribution in [3.05, 3.63) is 90.4 Å². The van der Waals surface area contributed by atoms with Gasteiger partial charge in [0.2, 0.25) is 0 Å². The maximum atomic E-state index is 12.7. The van der Waals surface area contributed by atoms with Gasteiger partial charge in [-0.3, -0.25) is 9.78 Å². The second-order valence-corrected chi connectivity index (χ2v) is 8.55. The van der Waals surface area contributed by atoms with Crippen LogP contribution < -0.4 is 14.9 Å². The maximum absolute atomic E-state index is 12.7. The number of aromatic nitrogens is 3. The van der Waals surface area contributed by atoms with Crippen molar-refractivity contribution in [1.29, 1.82) is 0 Å². The van der Waals surface area contributed by atoms with Crippen LogP contribution in [0.4, 0.5) is 0 Å². The number of rotatable bonds is 10. The Hall–Kier alpha value is -4.46. The zero-order chi connectivity index (χ0) is 25.3. The Kier molecular flexibility index (Phi) is 8.08. The number of carbonyl (C=O) groups excluding carboxylic acids is 1. The lowest BCUT2D eigenvalue weighted by Crippen LogP contribution is -2.17. The van der Waals surface area contributed by atoms with E-state index in [2.05, 4.69) is 29.4 Å². The molecule has 2 heterocycles. The monoisotopic (exact) mass is 483 g/mol. The number of carbonyl (C=O) groups is 1. The van der Waals surface area contributed by atoms with Crippen LogP contribution in [-0.4, -0.2) is 40.6 Å². The van der Waals surface area contributed by atoms with Gasteiger partial charge in [0.15, 0.2) is 11.5 Å². The normalized spacial score (nSPS) is 11.1. The molecule has 0 saturated heterocycles. The molecule has 0 spiro atoms. The molecule has 4 rings (SSSR count). The summed E-state index contributed by atoms with van der Waals surface area (Å²) in [5.74, 6) is 1.28. The predicted octanol–water partition coefficient (Wildman–Crippen LogP) is 5.13. The number of hydrazone groups is 1. The van der Waals surface area contributed by atoms with E-state index in [9.17, 15) is 4.79 Å². The van der Waals surface area contributed by atoms with E-state index < -0.39 is 0 Å². The number of methoxy groups -OCH3 is 1. The Balaban J connectivity index is 1.51. The lowest BCUT2D eigenvalue weighted by atomic mass is 10.1. The Bertz CT molecular complexity index is 1320. The topological polar surface area (TPSA) is 90.6 Å². The largest absolute Gasteiger partial charge is 0.493 e. The first-order valence-corrected chi connectivity index (χ1v) is 11.7. The number of nitrogens with zero attached hydrogens (tertiary/aromatic N) is 4. The van der Waals surface area contributed by atoms with Gasteiger partial charge in [-0.05, 0) is 54.8 Å². The van der Waals surface area contributed by atoms with Crippen molar-refractivity contribution in [3.63, 3.8) is 0 Å². The minimum atomic E-state index is -0.364. The summed E-state index contributed by atoms with van der Waals surface area (Å²) >= 11 is 0. The summed E-state index contributed by atoms with van der Waals surface area (Å²) in [6.45, 7) is 4.86. The van der Waals surface area contributed by atoms with E-state index in [0.717, 1.165) is 23.2 Å². The van der Waals surface area contributed by atoms with Crippen molar-refractivity contribution in [2.24, 2.45) is 11.0 Å². The van der Waals surface area contributed by atoms with Gasteiger partial charge < -0.3 is 9.47 Å². The number of para-hydroxylation sites is 1. The van der Waals surface area contributed by atoms with Crippen LogP contribution in [0.15, 0.2) is 84.4 Å². The highest BCUT2D eigenvalue weighted by Gasteiger charge is 2.13. The fraction of sp³-hybridized carbons (Fsp3) is 0.214. The number of benzene rings is 2. The fourth-order valence-corrected chi connectivity index (χ4v) is 3.48. The van der Waals surface area contributed by atoms with Crippen LogP contribution in [0.25, 0.3) is 16.9 Å². The third kappa shape index (κ3) is 6.15. The predicted molar refractivity (Wildman–Crippen MR) is 140 cm³/mol. The van der Waals surface area contributed by atoms with Gasteiger partial charge >= 0.3 is 0 Å². The van der Waals surface area contributed by atoms with Gasteiger partial charge in [0.05, 0.1) is 25.6 Å². The SMILES string of the molecule is COc1cc(C(=O)N/N=C/c2cn(-c3ccccc3)nc2-c2cccnc2)ccc1OCCC(C)C. The van der Waals surface area contributed by atoms with E-state index in [1.54, 1.807) is 48.6 Å². The van der Waals surface area contributed by atoms with E-state index >= 15 is 0 Å². The highest BCUT2D eigenvalue weighted by molar-refractivity contribution is 5.96. The number of pyridine rings is 1. The molecule has 0 aliphatic rings. The fourth-order valence-electron chi connectivity index (χ4n) is 3.48. The van der Waals surface area contributed by atoms with Crippen molar-refractivity contribution >= 4 is 12.1 Å². The maximum Gasteiger partial charge on any atom is 0.271 e. The molecule has 0 bridgehead atoms. The average molecular weight is 484 g/mol. The van der Waals surface area contributed by atoms with Gasteiger partial charge in [0, 0.05) is 35.3 Å². The van der Waals surface area contributed by atoms with Crippen LogP contribution in [0.2, 0.25) is 0 Å². The molecule has 0 atom stereocenters. The molecular formula is C28H29N5O3. The minimum absolute atomic E-state index is 0.364. The molecule has 2 aromatic heterocycles. The van der Waals surface area contributed by atoms with Gasteiger partial charge in [0.25, 0.3) is 5.91 Å². The summed E-state index contributed by atoms with van der Waals surface area (Å²) in [6, 6.07) is 18.6. The van der Waals surface area contributed by atoms with Crippen molar-refractivity contribution in [2.75, 3.05) is 13.7 Å². The van der Waals surface area contributed by atoms with Crippen molar-refractivity contribution < 1.29 is 14.3 Å². The zero-order valence-corrected chi connectivity index (χ0v) is 20.6. The zero-order valence-electron chi connectivity index (χ0n) is 20.6. The first-order chi connectivity index (χ1) is 17.5. The lowest BCUT2D eigenvalue weighted by Gasteiger charge is -2.12. The molecule has 0 saturated carbocycles. The summed E-state index contributed by atoms with van der Waals surface area (Å²) in [7, 11) is 1.55. The van der Waals surface area contributed by atoms with Crippen LogP contribution in [0, 0.1) is 5.92 Å². The summed E-state index contributed by atoms with van der Waals surface area (Å²) < 4.78 is 13.0. The molecule has 8 heteroatoms. The molecule has 36 heavy (non-hydrogen) atoms. The second-order valence-electron chi connectivity index (χ2n) is 8.55. The summed E-state index contributed by atoms with van der Waals surface area (Å²) in [5.41, 5.74) is 6.19. The van der Waals surface area contributed by atoms with Gasteiger partial charge in [-0.1, -0.05) is 32.0 Å². The third-order valence-corrected chi connectivity index (χ3v) is 5.45. The number of hydrogen-bond acceptors (Lipinski definition) is 6. The van der Waals surface area contributed by atoms with Crippen LogP contribution in [0.5, 0.6) is 11.5 Å². The highest BCUT2D eigenvalue weighted by atomic mass is 16.5. The van der Waals surface area contributed by atoms with E-state index in [1.807, 2.05) is 48.7 Å². The third-order valence-electron chi connectivity index (χ3n) is 5.45. The number of ether oxygens (including phenoxy) is 2. The van der Waals surface area contributed by atoms with Crippen LogP contribution in [-0.2, 0) is 0 Å².